The van der Waals surface area contributed by atoms with Crippen LogP contribution in [0, 0.1) is 6.92 Å². The first-order valence-electron chi connectivity index (χ1n) is 10.5. The average Bonchev–Trinajstić information content (AvgIpc) is 3.39. The van der Waals surface area contributed by atoms with Crippen LogP contribution in [0.2, 0.25) is 25.7 Å². The Morgan fingerprint density at radius 3 is 2.65 bits per heavy atom. The molecule has 2 aromatic rings. The molecule has 0 saturated carbocycles. The van der Waals surface area contributed by atoms with Gasteiger partial charge in [0.15, 0.2) is 5.82 Å². The first-order valence-corrected chi connectivity index (χ1v) is 14.2. The van der Waals surface area contributed by atoms with Gasteiger partial charge in [-0.25, -0.2) is 0 Å². The lowest BCUT2D eigenvalue weighted by molar-refractivity contribution is -0.149. The van der Waals surface area contributed by atoms with Gasteiger partial charge in [0.25, 0.3) is 0 Å². The van der Waals surface area contributed by atoms with Crippen LogP contribution in [0.25, 0.3) is 11.4 Å². The maximum Gasteiger partial charge on any atom is 0.451 e. The van der Waals surface area contributed by atoms with E-state index in [9.17, 15) is 13.2 Å². The number of hydrogen-bond acceptors (Lipinski definition) is 6. The van der Waals surface area contributed by atoms with Crippen molar-refractivity contribution in [1.82, 2.24) is 19.7 Å². The number of aryl methyl sites for hydroxylation is 1. The molecule has 2 unspecified atom stereocenters. The van der Waals surface area contributed by atoms with Gasteiger partial charge in [-0.1, -0.05) is 19.6 Å². The Morgan fingerprint density at radius 1 is 1.26 bits per heavy atom. The third-order valence-electron chi connectivity index (χ3n) is 5.75. The van der Waals surface area contributed by atoms with E-state index in [1.54, 1.807) is 6.20 Å². The quantitative estimate of drug-likeness (QED) is 0.465. The van der Waals surface area contributed by atoms with Crippen molar-refractivity contribution in [2.45, 2.75) is 64.1 Å². The van der Waals surface area contributed by atoms with Crippen molar-refractivity contribution in [2.24, 2.45) is 0 Å². The molecular formula is C20H28F3N5O2Si. The van der Waals surface area contributed by atoms with Crippen molar-refractivity contribution in [1.29, 1.82) is 0 Å². The number of nitrogens with zero attached hydrogens (tertiary/aromatic N) is 5. The summed E-state index contributed by atoms with van der Waals surface area (Å²) < 4.78 is 53.0. The Morgan fingerprint density at radius 2 is 2.03 bits per heavy atom. The van der Waals surface area contributed by atoms with E-state index < -0.39 is 20.1 Å². The van der Waals surface area contributed by atoms with Crippen LogP contribution in [0.1, 0.15) is 17.9 Å². The van der Waals surface area contributed by atoms with Gasteiger partial charge in [-0.3, -0.25) is 9.55 Å². The van der Waals surface area contributed by atoms with Gasteiger partial charge >= 0.3 is 6.18 Å². The molecule has 170 valence electrons. The lowest BCUT2D eigenvalue weighted by Crippen LogP contribution is -2.37. The number of aromatic nitrogens is 4. The van der Waals surface area contributed by atoms with Gasteiger partial charge in [-0.2, -0.15) is 13.2 Å². The van der Waals surface area contributed by atoms with Crippen molar-refractivity contribution >= 4 is 13.8 Å². The zero-order valence-electron chi connectivity index (χ0n) is 18.2. The number of hydrogen-bond donors (Lipinski definition) is 0. The summed E-state index contributed by atoms with van der Waals surface area (Å²) in [7, 11) is -1.36. The van der Waals surface area contributed by atoms with Crippen LogP contribution in [0.15, 0.2) is 12.3 Å². The molecule has 2 aliphatic heterocycles. The number of alkyl halides is 3. The van der Waals surface area contributed by atoms with Gasteiger partial charge in [0.05, 0.1) is 30.1 Å². The lowest BCUT2D eigenvalue weighted by Gasteiger charge is -2.30. The molecule has 2 atom stereocenters. The normalized spacial score (nSPS) is 21.3. The molecule has 0 amide bonds. The number of fused-ring (bicyclic) bond motifs is 2. The van der Waals surface area contributed by atoms with Crippen molar-refractivity contribution < 1.29 is 22.6 Å². The van der Waals surface area contributed by atoms with Crippen LogP contribution in [-0.4, -0.2) is 59.7 Å². The molecule has 2 aromatic heterocycles. The third kappa shape index (κ3) is 4.78. The molecule has 0 N–H and O–H groups in total. The van der Waals surface area contributed by atoms with Crippen LogP contribution >= 0.6 is 0 Å². The highest BCUT2D eigenvalue weighted by atomic mass is 28.3. The van der Waals surface area contributed by atoms with Crippen LogP contribution in [0.4, 0.5) is 18.9 Å². The minimum atomic E-state index is -4.63. The van der Waals surface area contributed by atoms with Crippen molar-refractivity contribution in [3.05, 3.63) is 23.8 Å². The molecule has 31 heavy (non-hydrogen) atoms. The SMILES string of the molecule is Cc1ncc(-c2nnc(C(F)(F)F)n2COCC[Si](C)(C)C)cc1N1CC2CC1CO2. The Balaban J connectivity index is 1.63. The van der Waals surface area contributed by atoms with Crippen LogP contribution < -0.4 is 4.90 Å². The fourth-order valence-electron chi connectivity index (χ4n) is 4.01. The van der Waals surface area contributed by atoms with Gasteiger partial charge in [0, 0.05) is 33.0 Å². The predicted octanol–water partition coefficient (Wildman–Crippen LogP) is 3.96. The van der Waals surface area contributed by atoms with Gasteiger partial charge in [0.1, 0.15) is 6.73 Å². The summed E-state index contributed by atoms with van der Waals surface area (Å²) in [6, 6.07) is 2.99. The highest BCUT2D eigenvalue weighted by molar-refractivity contribution is 6.76. The molecule has 2 aliphatic rings. The van der Waals surface area contributed by atoms with Gasteiger partial charge in [-0.05, 0) is 25.5 Å². The van der Waals surface area contributed by atoms with E-state index >= 15 is 0 Å². The molecule has 2 saturated heterocycles. The van der Waals surface area contributed by atoms with Crippen molar-refractivity contribution in [3.63, 3.8) is 0 Å². The summed E-state index contributed by atoms with van der Waals surface area (Å²) in [6.45, 7) is 10.0. The Bertz CT molecular complexity index is 944. The number of morpholine rings is 1. The number of rotatable bonds is 7. The van der Waals surface area contributed by atoms with Crippen LogP contribution in [-0.2, 0) is 22.4 Å². The number of pyridine rings is 1. The topological polar surface area (TPSA) is 65.3 Å². The van der Waals surface area contributed by atoms with Crippen molar-refractivity contribution in [3.8, 4) is 11.4 Å². The second kappa shape index (κ2) is 8.17. The van der Waals surface area contributed by atoms with Gasteiger partial charge < -0.3 is 14.4 Å². The van der Waals surface area contributed by atoms with Crippen molar-refractivity contribution in [2.75, 3.05) is 24.7 Å². The summed E-state index contributed by atoms with van der Waals surface area (Å²) in [4.78, 5) is 6.68. The van der Waals surface area contributed by atoms with E-state index in [1.165, 1.54) is 0 Å². The minimum Gasteiger partial charge on any atom is -0.374 e. The summed E-state index contributed by atoms with van der Waals surface area (Å²) in [5.41, 5.74) is 2.21. The summed E-state index contributed by atoms with van der Waals surface area (Å²) >= 11 is 0. The molecule has 11 heteroatoms. The Labute approximate surface area is 180 Å². The summed E-state index contributed by atoms with van der Waals surface area (Å²) in [6.07, 6.45) is -1.91. The fourth-order valence-corrected chi connectivity index (χ4v) is 4.77. The average molecular weight is 456 g/mol. The molecule has 0 spiro atoms. The number of ether oxygens (including phenoxy) is 2. The van der Waals surface area contributed by atoms with E-state index in [-0.39, 0.29) is 24.7 Å². The number of anilines is 1. The highest BCUT2D eigenvalue weighted by Gasteiger charge is 2.41. The molecule has 4 heterocycles. The smallest absolute Gasteiger partial charge is 0.374 e. The fraction of sp³-hybridized carbons (Fsp3) is 0.650. The van der Waals surface area contributed by atoms with Crippen LogP contribution in [0.5, 0.6) is 0 Å². The molecule has 4 rings (SSSR count). The molecule has 2 bridgehead atoms. The Hall–Kier alpha value is -1.98. The third-order valence-corrected chi connectivity index (χ3v) is 7.45. The highest BCUT2D eigenvalue weighted by Crippen LogP contribution is 2.36. The summed E-state index contributed by atoms with van der Waals surface area (Å²) in [5, 5.41) is 7.30. The maximum absolute atomic E-state index is 13.6. The zero-order valence-corrected chi connectivity index (χ0v) is 19.2. The van der Waals surface area contributed by atoms with Gasteiger partial charge in [0.2, 0.25) is 5.82 Å². The monoisotopic (exact) mass is 455 g/mol. The van der Waals surface area contributed by atoms with E-state index in [0.717, 1.165) is 35.0 Å². The lowest BCUT2D eigenvalue weighted by atomic mass is 10.1. The molecule has 0 aromatic carbocycles. The minimum absolute atomic E-state index is 0.106. The molecule has 0 radical (unpaired) electrons. The molecular weight excluding hydrogens is 427 g/mol. The van der Waals surface area contributed by atoms with Crippen LogP contribution in [0.3, 0.4) is 0 Å². The number of halogens is 3. The van der Waals surface area contributed by atoms with E-state index in [4.69, 9.17) is 9.47 Å². The summed E-state index contributed by atoms with van der Waals surface area (Å²) in [5.74, 6) is -0.957. The second-order valence-electron chi connectivity index (χ2n) is 9.45. The Kier molecular flexibility index (Phi) is 5.86. The van der Waals surface area contributed by atoms with E-state index in [0.29, 0.717) is 18.8 Å². The standard InChI is InChI=1S/C20H28F3N5O2Si/c1-13-17(27-10-16-8-15(27)11-30-16)7-14(9-24-13)18-25-26-19(20(21,22)23)28(18)12-29-5-6-31(2,3)4/h7,9,15-16H,5-6,8,10-12H2,1-4H3. The predicted molar refractivity (Wildman–Crippen MR) is 113 cm³/mol. The van der Waals surface area contributed by atoms with E-state index in [1.807, 2.05) is 13.0 Å². The van der Waals surface area contributed by atoms with Gasteiger partial charge in [-0.15, -0.1) is 10.2 Å². The van der Waals surface area contributed by atoms with E-state index in [2.05, 4.69) is 39.7 Å². The second-order valence-corrected chi connectivity index (χ2v) is 15.1. The molecule has 7 nitrogen and oxygen atoms in total. The first-order chi connectivity index (χ1) is 14.5. The first kappa shape index (κ1) is 22.2. The largest absolute Gasteiger partial charge is 0.451 e. The molecule has 2 fully saturated rings. The maximum atomic E-state index is 13.6. The zero-order chi connectivity index (χ0) is 22.4. The molecule has 0 aliphatic carbocycles.